The summed E-state index contributed by atoms with van der Waals surface area (Å²) in [6.45, 7) is 3.11. The number of benzene rings is 3. The highest BCUT2D eigenvalue weighted by Gasteiger charge is 2.54. The lowest BCUT2D eigenvalue weighted by atomic mass is 9.77. The third-order valence-corrected chi connectivity index (χ3v) is 6.48. The van der Waals surface area contributed by atoms with Gasteiger partial charge in [-0.2, -0.15) is 0 Å². The van der Waals surface area contributed by atoms with Gasteiger partial charge in [-0.25, -0.2) is 4.79 Å². The first-order valence-corrected chi connectivity index (χ1v) is 11.7. The number of anilines is 1. The first kappa shape index (κ1) is 20.6. The molecule has 3 aromatic carbocycles. The maximum absolute atomic E-state index is 13.1. The molecule has 5 rings (SSSR count). The Hall–Kier alpha value is -3.27. The Morgan fingerprint density at radius 2 is 1.44 bits per heavy atom. The van der Waals surface area contributed by atoms with E-state index in [0.29, 0.717) is 5.56 Å². The van der Waals surface area contributed by atoms with Crippen LogP contribution in [0.15, 0.2) is 66.7 Å². The largest absolute Gasteiger partial charge is 0.456 e. The summed E-state index contributed by atoms with van der Waals surface area (Å²) in [4.78, 5) is 13.1. The number of esters is 1. The van der Waals surface area contributed by atoms with Crippen molar-refractivity contribution in [1.29, 1.82) is 0 Å². The van der Waals surface area contributed by atoms with Gasteiger partial charge in [0.25, 0.3) is 0 Å². The van der Waals surface area contributed by atoms with Gasteiger partial charge in [-0.05, 0) is 30.7 Å². The number of carbonyl (C=O) groups excluding carboxylic acids is 1. The van der Waals surface area contributed by atoms with Crippen LogP contribution in [0.2, 0.25) is 0 Å². The Balaban J connectivity index is 1.54. The monoisotopic (exact) mass is 427 g/mol. The Bertz CT molecular complexity index is 1090. The Kier molecular flexibility index (Phi) is 5.60. The van der Waals surface area contributed by atoms with E-state index in [0.717, 1.165) is 46.8 Å². The van der Waals surface area contributed by atoms with Crippen molar-refractivity contribution >= 4 is 11.7 Å². The first-order valence-electron chi connectivity index (χ1n) is 11.7. The van der Waals surface area contributed by atoms with Crippen molar-refractivity contribution in [3.8, 4) is 11.5 Å². The predicted molar refractivity (Wildman–Crippen MR) is 127 cm³/mol. The quantitative estimate of drug-likeness (QED) is 0.310. The molecule has 0 bridgehead atoms. The van der Waals surface area contributed by atoms with Crippen LogP contribution in [0.4, 0.5) is 5.69 Å². The van der Waals surface area contributed by atoms with Gasteiger partial charge < -0.3 is 14.8 Å². The van der Waals surface area contributed by atoms with Crippen LogP contribution in [0.3, 0.4) is 0 Å². The molecule has 0 aromatic heterocycles. The van der Waals surface area contributed by atoms with Crippen LogP contribution in [0.25, 0.3) is 0 Å². The number of unbranched alkanes of at least 4 members (excludes halogenated alkanes) is 5. The highest BCUT2D eigenvalue weighted by molar-refractivity contribution is 5.99. The standard InChI is InChI=1S/C28H29NO3/c1-2-3-4-5-6-11-19-29-23-16-12-13-20-26(23)28(32-27(20)30)21-14-7-9-17-24(21)31-25-18-10-8-15-22(25)28/h7-10,12-18,29H,2-6,11,19H2,1H3. The van der Waals surface area contributed by atoms with Gasteiger partial charge in [0.2, 0.25) is 0 Å². The number of rotatable bonds is 8. The molecule has 0 fully saturated rings. The molecule has 1 N–H and O–H groups in total. The zero-order valence-electron chi connectivity index (χ0n) is 18.5. The van der Waals surface area contributed by atoms with E-state index in [4.69, 9.17) is 9.47 Å². The molecule has 0 aliphatic carbocycles. The summed E-state index contributed by atoms with van der Waals surface area (Å²) in [5.41, 5.74) is 3.17. The minimum atomic E-state index is -1.01. The summed E-state index contributed by atoms with van der Waals surface area (Å²) >= 11 is 0. The van der Waals surface area contributed by atoms with E-state index in [1.807, 2.05) is 60.7 Å². The van der Waals surface area contributed by atoms with Crippen molar-refractivity contribution in [2.24, 2.45) is 0 Å². The molecule has 2 heterocycles. The molecule has 0 saturated carbocycles. The van der Waals surface area contributed by atoms with Crippen LogP contribution >= 0.6 is 0 Å². The average Bonchev–Trinajstić information content (AvgIpc) is 3.12. The first-order chi connectivity index (χ1) is 15.8. The van der Waals surface area contributed by atoms with Gasteiger partial charge in [-0.1, -0.05) is 81.5 Å². The number of hydrogen-bond acceptors (Lipinski definition) is 4. The molecular weight excluding hydrogens is 398 g/mol. The topological polar surface area (TPSA) is 47.6 Å². The van der Waals surface area contributed by atoms with Gasteiger partial charge in [0.15, 0.2) is 5.60 Å². The summed E-state index contributed by atoms with van der Waals surface area (Å²) in [6.07, 6.45) is 7.45. The van der Waals surface area contributed by atoms with Gasteiger partial charge in [-0.3, -0.25) is 0 Å². The Morgan fingerprint density at radius 3 is 2.16 bits per heavy atom. The number of fused-ring (bicyclic) bond motifs is 6. The zero-order valence-corrected chi connectivity index (χ0v) is 18.5. The van der Waals surface area contributed by atoms with Crippen molar-refractivity contribution in [1.82, 2.24) is 0 Å². The second-order valence-electron chi connectivity index (χ2n) is 8.59. The van der Waals surface area contributed by atoms with Crippen molar-refractivity contribution in [3.63, 3.8) is 0 Å². The van der Waals surface area contributed by atoms with Crippen molar-refractivity contribution in [2.45, 2.75) is 51.0 Å². The van der Waals surface area contributed by atoms with Crippen molar-refractivity contribution in [3.05, 3.63) is 89.0 Å². The lowest BCUT2D eigenvalue weighted by Gasteiger charge is -2.37. The molecular formula is C28H29NO3. The van der Waals surface area contributed by atoms with Crippen LogP contribution in [0.1, 0.15) is 72.5 Å². The van der Waals surface area contributed by atoms with E-state index in [1.54, 1.807) is 0 Å². The molecule has 0 saturated heterocycles. The van der Waals surface area contributed by atoms with Crippen molar-refractivity contribution in [2.75, 3.05) is 11.9 Å². The Morgan fingerprint density at radius 1 is 0.781 bits per heavy atom. The third kappa shape index (κ3) is 3.35. The van der Waals surface area contributed by atoms with Gasteiger partial charge in [0.1, 0.15) is 11.5 Å². The predicted octanol–water partition coefficient (Wildman–Crippen LogP) is 7.03. The number of ether oxygens (including phenoxy) is 2. The van der Waals surface area contributed by atoms with Gasteiger partial charge in [0.05, 0.1) is 5.56 Å². The Labute approximate surface area is 189 Å². The summed E-state index contributed by atoms with van der Waals surface area (Å²) in [6, 6.07) is 21.5. The summed E-state index contributed by atoms with van der Waals surface area (Å²) < 4.78 is 12.5. The molecule has 0 radical (unpaired) electrons. The fourth-order valence-corrected chi connectivity index (χ4v) is 4.96. The van der Waals surface area contributed by atoms with Crippen LogP contribution < -0.4 is 10.1 Å². The minimum absolute atomic E-state index is 0.297. The summed E-state index contributed by atoms with van der Waals surface area (Å²) in [5.74, 6) is 1.14. The van der Waals surface area contributed by atoms with E-state index in [2.05, 4.69) is 18.3 Å². The highest BCUT2D eigenvalue weighted by Crippen LogP contribution is 2.57. The fourth-order valence-electron chi connectivity index (χ4n) is 4.96. The molecule has 0 amide bonds. The van der Waals surface area contributed by atoms with E-state index in [9.17, 15) is 4.79 Å². The normalized spacial score (nSPS) is 14.8. The lowest BCUT2D eigenvalue weighted by molar-refractivity contribution is 0.0226. The van der Waals surface area contributed by atoms with Gasteiger partial charge >= 0.3 is 5.97 Å². The molecule has 0 atom stereocenters. The second-order valence-corrected chi connectivity index (χ2v) is 8.59. The van der Waals surface area contributed by atoms with Crippen LogP contribution in [-0.2, 0) is 10.3 Å². The van der Waals surface area contributed by atoms with Gasteiger partial charge in [0, 0.05) is 28.9 Å². The van der Waals surface area contributed by atoms with E-state index in [-0.39, 0.29) is 5.97 Å². The third-order valence-electron chi connectivity index (χ3n) is 6.48. The molecule has 164 valence electrons. The molecule has 2 aliphatic heterocycles. The summed E-state index contributed by atoms with van der Waals surface area (Å²) in [5, 5.41) is 3.62. The summed E-state index contributed by atoms with van der Waals surface area (Å²) in [7, 11) is 0. The molecule has 2 aliphatic rings. The number of carbonyl (C=O) groups is 1. The second kappa shape index (κ2) is 8.70. The number of nitrogens with one attached hydrogen (secondary N) is 1. The van der Waals surface area contributed by atoms with E-state index < -0.39 is 5.60 Å². The smallest absolute Gasteiger partial charge is 0.340 e. The number of hydrogen-bond donors (Lipinski definition) is 1. The van der Waals surface area contributed by atoms with Crippen molar-refractivity contribution < 1.29 is 14.3 Å². The zero-order chi connectivity index (χ0) is 22.0. The SMILES string of the molecule is CCCCCCCCNc1cccc2c1C1(OC2=O)c2ccccc2Oc2ccccc21. The van der Waals surface area contributed by atoms with E-state index >= 15 is 0 Å². The maximum atomic E-state index is 13.1. The fraction of sp³-hybridized carbons (Fsp3) is 0.321. The van der Waals surface area contributed by atoms with Gasteiger partial charge in [-0.15, -0.1) is 0 Å². The van der Waals surface area contributed by atoms with Crippen LogP contribution in [0.5, 0.6) is 11.5 Å². The maximum Gasteiger partial charge on any atom is 0.340 e. The molecule has 4 heteroatoms. The highest BCUT2D eigenvalue weighted by atomic mass is 16.6. The molecule has 4 nitrogen and oxygen atoms in total. The average molecular weight is 428 g/mol. The lowest BCUT2D eigenvalue weighted by Crippen LogP contribution is -2.33. The molecule has 3 aromatic rings. The van der Waals surface area contributed by atoms with Crippen LogP contribution in [0, 0.1) is 0 Å². The molecule has 0 unspecified atom stereocenters. The molecule has 32 heavy (non-hydrogen) atoms. The van der Waals surface area contributed by atoms with E-state index in [1.165, 1.54) is 32.1 Å². The molecule has 1 spiro atoms. The minimum Gasteiger partial charge on any atom is -0.456 e. The van der Waals surface area contributed by atoms with Crippen LogP contribution in [-0.4, -0.2) is 12.5 Å². The number of para-hydroxylation sites is 2.